The Bertz CT molecular complexity index is 142. The number of rotatable bonds is 1. The van der Waals surface area contributed by atoms with E-state index in [0.717, 1.165) is 25.7 Å². The summed E-state index contributed by atoms with van der Waals surface area (Å²) in [5.74, 6) is 0. The van der Waals surface area contributed by atoms with Gasteiger partial charge in [0.25, 0.3) is 0 Å². The largest absolute Gasteiger partial charge is 0.393 e. The Morgan fingerprint density at radius 2 is 1.91 bits per heavy atom. The van der Waals surface area contributed by atoms with Gasteiger partial charge in [-0.25, -0.2) is 0 Å². The van der Waals surface area contributed by atoms with Crippen molar-refractivity contribution in [2.24, 2.45) is 5.41 Å². The topological polar surface area (TPSA) is 40.5 Å². The van der Waals surface area contributed by atoms with Gasteiger partial charge < -0.3 is 10.2 Å². The Labute approximate surface area is 68.2 Å². The van der Waals surface area contributed by atoms with Crippen LogP contribution in [0, 0.1) is 5.41 Å². The normalized spacial score (nSPS) is 37.1. The van der Waals surface area contributed by atoms with Gasteiger partial charge in [0, 0.05) is 0 Å². The van der Waals surface area contributed by atoms with Crippen molar-refractivity contribution < 1.29 is 10.2 Å². The molecule has 2 heteroatoms. The highest BCUT2D eigenvalue weighted by Gasteiger charge is 2.37. The first kappa shape index (κ1) is 9.01. The molecule has 0 saturated heterocycles. The predicted octanol–water partition coefficient (Wildman–Crippen LogP) is 1.31. The Hall–Kier alpha value is -0.0800. The quantitative estimate of drug-likeness (QED) is 0.604. The molecule has 0 heterocycles. The molecular weight excluding hydrogens is 140 g/mol. The lowest BCUT2D eigenvalue weighted by atomic mass is 9.70. The molecule has 0 aromatic heterocycles. The summed E-state index contributed by atoms with van der Waals surface area (Å²) in [7, 11) is 0. The standard InChI is InChI=1S/C9H18O2/c1-8(2)4-3-5-9(11,6-8)7-10/h10-11H,3-7H2,1-2H3. The second kappa shape index (κ2) is 2.76. The van der Waals surface area contributed by atoms with Gasteiger partial charge in [0.1, 0.15) is 0 Å². The molecule has 0 aliphatic heterocycles. The van der Waals surface area contributed by atoms with Crippen LogP contribution in [0.2, 0.25) is 0 Å². The zero-order valence-corrected chi connectivity index (χ0v) is 7.43. The Morgan fingerprint density at radius 1 is 1.27 bits per heavy atom. The van der Waals surface area contributed by atoms with E-state index in [4.69, 9.17) is 5.11 Å². The van der Waals surface area contributed by atoms with Gasteiger partial charge in [0.2, 0.25) is 0 Å². The third-order valence-corrected chi connectivity index (χ3v) is 2.60. The van der Waals surface area contributed by atoms with Gasteiger partial charge in [-0.3, -0.25) is 0 Å². The maximum atomic E-state index is 9.77. The van der Waals surface area contributed by atoms with Crippen molar-refractivity contribution in [3.8, 4) is 0 Å². The highest BCUT2D eigenvalue weighted by molar-refractivity contribution is 4.89. The summed E-state index contributed by atoms with van der Waals surface area (Å²) in [6.07, 6.45) is 3.68. The summed E-state index contributed by atoms with van der Waals surface area (Å²) in [4.78, 5) is 0. The molecule has 0 spiro atoms. The molecule has 1 aliphatic rings. The molecule has 1 rings (SSSR count). The Morgan fingerprint density at radius 3 is 2.27 bits per heavy atom. The molecule has 2 N–H and O–H groups in total. The SMILES string of the molecule is CC1(C)CCCC(O)(CO)C1. The van der Waals surface area contributed by atoms with Crippen molar-refractivity contribution in [1.82, 2.24) is 0 Å². The van der Waals surface area contributed by atoms with E-state index in [0.29, 0.717) is 0 Å². The summed E-state index contributed by atoms with van der Waals surface area (Å²) in [5.41, 5.74) is -0.586. The van der Waals surface area contributed by atoms with Crippen molar-refractivity contribution in [1.29, 1.82) is 0 Å². The van der Waals surface area contributed by atoms with Gasteiger partial charge in [-0.05, 0) is 31.1 Å². The first-order valence-electron chi connectivity index (χ1n) is 4.31. The van der Waals surface area contributed by atoms with Gasteiger partial charge in [0.15, 0.2) is 0 Å². The lowest BCUT2D eigenvalue weighted by Gasteiger charge is -2.40. The third-order valence-electron chi connectivity index (χ3n) is 2.60. The van der Waals surface area contributed by atoms with Crippen molar-refractivity contribution in [3.05, 3.63) is 0 Å². The van der Waals surface area contributed by atoms with Crippen molar-refractivity contribution in [2.75, 3.05) is 6.61 Å². The minimum Gasteiger partial charge on any atom is -0.393 e. The van der Waals surface area contributed by atoms with Crippen LogP contribution in [0.3, 0.4) is 0 Å². The summed E-state index contributed by atoms with van der Waals surface area (Å²) >= 11 is 0. The van der Waals surface area contributed by atoms with Crippen LogP contribution in [-0.4, -0.2) is 22.4 Å². The third kappa shape index (κ3) is 2.17. The smallest absolute Gasteiger partial charge is 0.0882 e. The van der Waals surface area contributed by atoms with Gasteiger partial charge in [0.05, 0.1) is 12.2 Å². The maximum absolute atomic E-state index is 9.77. The molecule has 66 valence electrons. The summed E-state index contributed by atoms with van der Waals surface area (Å²) in [6.45, 7) is 4.20. The van der Waals surface area contributed by atoms with E-state index in [1.165, 1.54) is 0 Å². The minimum absolute atomic E-state index is 0.0869. The van der Waals surface area contributed by atoms with E-state index in [-0.39, 0.29) is 12.0 Å². The van der Waals surface area contributed by atoms with Crippen molar-refractivity contribution in [2.45, 2.75) is 45.1 Å². The van der Waals surface area contributed by atoms with Crippen LogP contribution >= 0.6 is 0 Å². The van der Waals surface area contributed by atoms with Crippen LogP contribution in [0.1, 0.15) is 39.5 Å². The summed E-state index contributed by atoms with van der Waals surface area (Å²) in [5, 5.41) is 18.7. The minimum atomic E-state index is -0.790. The fourth-order valence-electron chi connectivity index (χ4n) is 2.10. The molecule has 1 aliphatic carbocycles. The van der Waals surface area contributed by atoms with Crippen molar-refractivity contribution >= 4 is 0 Å². The summed E-state index contributed by atoms with van der Waals surface area (Å²) in [6, 6.07) is 0. The monoisotopic (exact) mass is 158 g/mol. The van der Waals surface area contributed by atoms with E-state index < -0.39 is 5.60 Å². The van der Waals surface area contributed by atoms with Gasteiger partial charge >= 0.3 is 0 Å². The molecule has 1 fully saturated rings. The first-order valence-corrected chi connectivity index (χ1v) is 4.31. The first-order chi connectivity index (χ1) is 4.97. The lowest BCUT2D eigenvalue weighted by molar-refractivity contribution is -0.0746. The molecule has 11 heavy (non-hydrogen) atoms. The van der Waals surface area contributed by atoms with Crippen LogP contribution < -0.4 is 0 Å². The molecule has 0 aromatic rings. The van der Waals surface area contributed by atoms with E-state index in [1.54, 1.807) is 0 Å². The molecule has 0 bridgehead atoms. The number of hydrogen-bond acceptors (Lipinski definition) is 2. The molecule has 1 saturated carbocycles. The van der Waals surface area contributed by atoms with Crippen molar-refractivity contribution in [3.63, 3.8) is 0 Å². The van der Waals surface area contributed by atoms with Crippen LogP contribution in [0.5, 0.6) is 0 Å². The average Bonchev–Trinajstić information content (AvgIpc) is 1.85. The zero-order valence-electron chi connectivity index (χ0n) is 7.43. The Kier molecular flexibility index (Phi) is 2.26. The van der Waals surface area contributed by atoms with Gasteiger partial charge in [-0.2, -0.15) is 0 Å². The van der Waals surface area contributed by atoms with Crippen LogP contribution in [0.4, 0.5) is 0 Å². The molecular formula is C9H18O2. The highest BCUT2D eigenvalue weighted by Crippen LogP contribution is 2.40. The van der Waals surface area contributed by atoms with E-state index >= 15 is 0 Å². The fraction of sp³-hybridized carbons (Fsp3) is 1.00. The summed E-state index contributed by atoms with van der Waals surface area (Å²) < 4.78 is 0. The van der Waals surface area contributed by atoms with Gasteiger partial charge in [-0.1, -0.05) is 13.8 Å². The van der Waals surface area contributed by atoms with Crippen LogP contribution in [0.25, 0.3) is 0 Å². The molecule has 0 aromatic carbocycles. The van der Waals surface area contributed by atoms with Crippen LogP contribution in [-0.2, 0) is 0 Å². The fourth-order valence-corrected chi connectivity index (χ4v) is 2.10. The van der Waals surface area contributed by atoms with Crippen LogP contribution in [0.15, 0.2) is 0 Å². The maximum Gasteiger partial charge on any atom is 0.0882 e. The number of aliphatic hydroxyl groups excluding tert-OH is 1. The number of aliphatic hydroxyl groups is 2. The second-order valence-corrected chi connectivity index (χ2v) is 4.58. The molecule has 0 amide bonds. The van der Waals surface area contributed by atoms with E-state index in [1.807, 2.05) is 0 Å². The predicted molar refractivity (Wildman–Crippen MR) is 44.3 cm³/mol. The molecule has 0 radical (unpaired) electrons. The Balaban J connectivity index is 2.59. The van der Waals surface area contributed by atoms with E-state index in [9.17, 15) is 5.11 Å². The molecule has 1 unspecified atom stereocenters. The number of hydrogen-bond donors (Lipinski definition) is 2. The lowest BCUT2D eigenvalue weighted by Crippen LogP contribution is -2.41. The second-order valence-electron chi connectivity index (χ2n) is 4.58. The average molecular weight is 158 g/mol. The highest BCUT2D eigenvalue weighted by atomic mass is 16.3. The molecule has 2 nitrogen and oxygen atoms in total. The van der Waals surface area contributed by atoms with Gasteiger partial charge in [-0.15, -0.1) is 0 Å². The molecule has 1 atom stereocenters. The van der Waals surface area contributed by atoms with E-state index in [2.05, 4.69) is 13.8 Å². The zero-order chi connectivity index (χ0) is 8.54.